The van der Waals surface area contributed by atoms with Crippen LogP contribution in [0.25, 0.3) is 56.0 Å². The number of benzene rings is 2. The van der Waals surface area contributed by atoms with Gasteiger partial charge in [-0.05, 0) is 93.6 Å². The van der Waals surface area contributed by atoms with Gasteiger partial charge in [0.25, 0.3) is 0 Å². The number of rotatable bonds is 6. The van der Waals surface area contributed by atoms with Crippen LogP contribution in [-0.2, 0) is 0 Å². The van der Waals surface area contributed by atoms with Gasteiger partial charge in [-0.15, -0.1) is 12.4 Å². The molecule has 0 saturated carbocycles. The van der Waals surface area contributed by atoms with E-state index in [1.807, 2.05) is 98.8 Å². The molecule has 6 aromatic heterocycles. The zero-order valence-electron chi connectivity index (χ0n) is 30.5. The maximum absolute atomic E-state index is 11.6. The summed E-state index contributed by atoms with van der Waals surface area (Å²) in [6.07, 6.45) is 3.46. The number of pyridine rings is 4. The summed E-state index contributed by atoms with van der Waals surface area (Å²) in [7, 11) is 0. The van der Waals surface area contributed by atoms with E-state index in [0.717, 1.165) is 61.7 Å². The molecule has 0 aliphatic rings. The molecule has 16 heteroatoms. The first kappa shape index (κ1) is 41.1. The Morgan fingerprint density at radius 3 is 1.50 bits per heavy atom. The third-order valence-corrected chi connectivity index (χ3v) is 9.05. The Morgan fingerprint density at radius 2 is 1.07 bits per heavy atom. The van der Waals surface area contributed by atoms with Crippen LogP contribution in [0.1, 0.15) is 41.4 Å². The number of hydrogen-bond acceptors (Lipinski definition) is 11. The maximum atomic E-state index is 11.6. The highest BCUT2D eigenvalue weighted by Gasteiger charge is 2.15. The highest BCUT2D eigenvalue weighted by atomic mass is 35.5. The summed E-state index contributed by atoms with van der Waals surface area (Å²) in [5.41, 5.74) is 8.03. The number of nitrogens with two attached hydrogens (primary N) is 1. The fourth-order valence-electron chi connectivity index (χ4n) is 5.76. The fourth-order valence-corrected chi connectivity index (χ4v) is 6.29. The highest BCUT2D eigenvalue weighted by molar-refractivity contribution is 6.36. The van der Waals surface area contributed by atoms with Crippen LogP contribution in [0.15, 0.2) is 115 Å². The van der Waals surface area contributed by atoms with Crippen molar-refractivity contribution in [2.24, 2.45) is 11.1 Å². The maximum Gasteiger partial charge on any atom is 0.178 e. The number of halogens is 3. The number of fused-ring (bicyclic) bond motifs is 2. The minimum atomic E-state index is -0.0759. The van der Waals surface area contributed by atoms with E-state index in [2.05, 4.69) is 41.2 Å². The molecular formula is C40H35Cl3N10O3. The van der Waals surface area contributed by atoms with Gasteiger partial charge in [0.1, 0.15) is 11.4 Å². The topological polar surface area (TPSA) is 183 Å². The van der Waals surface area contributed by atoms with E-state index in [-0.39, 0.29) is 18.2 Å². The van der Waals surface area contributed by atoms with Gasteiger partial charge in [-0.1, -0.05) is 52.6 Å². The second-order valence-electron chi connectivity index (χ2n) is 12.2. The number of ketones is 1. The Hall–Kier alpha value is -6.09. The molecule has 0 aliphatic carbocycles. The predicted octanol–water partition coefficient (Wildman–Crippen LogP) is 9.05. The summed E-state index contributed by atoms with van der Waals surface area (Å²) >= 11 is 13.0. The third kappa shape index (κ3) is 8.73. The third-order valence-electron chi connectivity index (χ3n) is 8.43. The number of hydrogen-bond donors (Lipinski definition) is 3. The molecule has 0 spiro atoms. The standard InChI is InChI=1S/C20H16ClN5O.C20H15ClN4O.ClH.H3NO/c1-12-5-3-8-20(23-12)26-19-10-14(9-16(21)15(19)11-22-26)18-7-4-6-17(24-18)13(2)25-27;1-12-5-3-8-20(23-12)25-19-10-14(9-16(21)15(19)11-22-25)18-7-4-6-17(24-18)13(2)26;;1-2/h3-11,27H,1-2H3;3-11H,1-2H3;1H;2H,1H2/b25-13-;;;. The normalized spacial score (nSPS) is 11.0. The second kappa shape index (κ2) is 18.0. The Morgan fingerprint density at radius 1 is 0.643 bits per heavy atom. The van der Waals surface area contributed by atoms with Crippen molar-refractivity contribution in [3.8, 4) is 34.2 Å². The fraction of sp³-hybridized carbons (Fsp3) is 0.100. The smallest absolute Gasteiger partial charge is 0.178 e. The molecule has 0 saturated heterocycles. The lowest BCUT2D eigenvalue weighted by atomic mass is 10.1. The van der Waals surface area contributed by atoms with Crippen molar-refractivity contribution in [1.29, 1.82) is 0 Å². The molecular weight excluding hydrogens is 775 g/mol. The van der Waals surface area contributed by atoms with Gasteiger partial charge in [0.15, 0.2) is 17.4 Å². The molecule has 0 bridgehead atoms. The van der Waals surface area contributed by atoms with Gasteiger partial charge in [0, 0.05) is 40.2 Å². The predicted molar refractivity (Wildman–Crippen MR) is 221 cm³/mol. The minimum absolute atomic E-state index is 0. The van der Waals surface area contributed by atoms with E-state index >= 15 is 0 Å². The molecule has 0 atom stereocenters. The number of carbonyl (C=O) groups is 1. The molecule has 0 aliphatic heterocycles. The van der Waals surface area contributed by atoms with Gasteiger partial charge in [-0.25, -0.2) is 35.2 Å². The monoisotopic (exact) mass is 808 g/mol. The number of aryl methyl sites for hydroxylation is 2. The first-order valence-electron chi connectivity index (χ1n) is 16.7. The van der Waals surface area contributed by atoms with Gasteiger partial charge >= 0.3 is 0 Å². The number of aromatic nitrogens is 8. The molecule has 4 N–H and O–H groups in total. The molecule has 8 rings (SSSR count). The summed E-state index contributed by atoms with van der Waals surface area (Å²) in [5, 5.41) is 30.5. The van der Waals surface area contributed by atoms with Crippen molar-refractivity contribution in [3.05, 3.63) is 142 Å². The van der Waals surface area contributed by atoms with Crippen molar-refractivity contribution >= 4 is 68.9 Å². The van der Waals surface area contributed by atoms with Crippen LogP contribution >= 0.6 is 35.6 Å². The lowest BCUT2D eigenvalue weighted by molar-refractivity contribution is 0.101. The highest BCUT2D eigenvalue weighted by Crippen LogP contribution is 2.33. The number of Topliss-reactive ketones (excluding diaryl/α,β-unsaturated/α-hetero) is 1. The van der Waals surface area contributed by atoms with Gasteiger partial charge in [0.2, 0.25) is 0 Å². The first-order chi connectivity index (χ1) is 26.6. The molecule has 2 aromatic carbocycles. The molecule has 284 valence electrons. The van der Waals surface area contributed by atoms with E-state index in [0.29, 0.717) is 32.8 Å². The van der Waals surface area contributed by atoms with Gasteiger partial charge < -0.3 is 10.4 Å². The molecule has 0 amide bonds. The molecule has 0 fully saturated rings. The van der Waals surface area contributed by atoms with Gasteiger partial charge in [0.05, 0.1) is 50.6 Å². The Bertz CT molecular complexity index is 2710. The minimum Gasteiger partial charge on any atom is -0.411 e. The van der Waals surface area contributed by atoms with Crippen molar-refractivity contribution in [3.63, 3.8) is 0 Å². The Balaban J connectivity index is 0.000000202. The summed E-state index contributed by atoms with van der Waals surface area (Å²) < 4.78 is 3.52. The summed E-state index contributed by atoms with van der Waals surface area (Å²) in [6, 6.07) is 30.1. The van der Waals surface area contributed by atoms with E-state index < -0.39 is 0 Å². The van der Waals surface area contributed by atoms with Crippen LogP contribution in [0, 0.1) is 13.8 Å². The number of oxime groups is 1. The largest absolute Gasteiger partial charge is 0.411 e. The molecule has 56 heavy (non-hydrogen) atoms. The van der Waals surface area contributed by atoms with Crippen LogP contribution in [0.3, 0.4) is 0 Å². The summed E-state index contributed by atoms with van der Waals surface area (Å²) in [4.78, 5) is 29.7. The SMILES string of the molecule is C/C(=N/O)c1cccc(-c2cc(Cl)c3cnn(-c4cccc(C)n4)c3c2)n1.CC(=O)c1cccc(-c2cc(Cl)c3cnn(-c4cccc(C)n4)c3c2)n1.Cl.NO. The van der Waals surface area contributed by atoms with E-state index in [4.69, 9.17) is 33.6 Å². The zero-order valence-corrected chi connectivity index (χ0v) is 32.8. The second-order valence-corrected chi connectivity index (χ2v) is 13.0. The Kier molecular flexibility index (Phi) is 13.2. The van der Waals surface area contributed by atoms with E-state index in [1.165, 1.54) is 6.92 Å². The average Bonchev–Trinajstić information content (AvgIpc) is 3.84. The van der Waals surface area contributed by atoms with Crippen molar-refractivity contribution < 1.29 is 15.2 Å². The van der Waals surface area contributed by atoms with E-state index in [9.17, 15) is 4.79 Å². The van der Waals surface area contributed by atoms with E-state index in [1.54, 1.807) is 40.8 Å². The van der Waals surface area contributed by atoms with Gasteiger partial charge in [-0.3, -0.25) is 4.79 Å². The van der Waals surface area contributed by atoms with Crippen LogP contribution in [-0.4, -0.2) is 61.4 Å². The lowest BCUT2D eigenvalue weighted by Crippen LogP contribution is -2.01. The molecule has 0 radical (unpaired) electrons. The summed E-state index contributed by atoms with van der Waals surface area (Å²) in [5.74, 6) is 4.87. The quantitative estimate of drug-likeness (QED) is 0.0634. The lowest BCUT2D eigenvalue weighted by Gasteiger charge is -2.08. The summed E-state index contributed by atoms with van der Waals surface area (Å²) in [6.45, 7) is 7.07. The first-order valence-corrected chi connectivity index (χ1v) is 17.5. The van der Waals surface area contributed by atoms with Crippen LogP contribution in [0.4, 0.5) is 0 Å². The van der Waals surface area contributed by atoms with Crippen molar-refractivity contribution in [2.75, 3.05) is 0 Å². The van der Waals surface area contributed by atoms with Crippen LogP contribution in [0.5, 0.6) is 0 Å². The van der Waals surface area contributed by atoms with Gasteiger partial charge in [-0.2, -0.15) is 10.2 Å². The van der Waals surface area contributed by atoms with Crippen molar-refractivity contribution in [1.82, 2.24) is 39.5 Å². The molecule has 8 aromatic rings. The molecule has 0 unspecified atom stereocenters. The van der Waals surface area contributed by atoms with Crippen LogP contribution in [0.2, 0.25) is 10.0 Å². The van der Waals surface area contributed by atoms with Crippen LogP contribution < -0.4 is 5.90 Å². The zero-order chi connectivity index (χ0) is 39.2. The molecule has 13 nitrogen and oxygen atoms in total. The number of nitrogens with zero attached hydrogens (tertiary/aromatic N) is 9. The average molecular weight is 810 g/mol. The number of carbonyl (C=O) groups excluding carboxylic acids is 1. The van der Waals surface area contributed by atoms with Crippen molar-refractivity contribution in [2.45, 2.75) is 27.7 Å². The Labute approximate surface area is 337 Å². The molecule has 6 heterocycles.